The molecule has 1 aromatic carbocycles. The van der Waals surface area contributed by atoms with Gasteiger partial charge in [0.25, 0.3) is 0 Å². The van der Waals surface area contributed by atoms with Crippen molar-refractivity contribution in [3.63, 3.8) is 0 Å². The molecule has 17 heavy (non-hydrogen) atoms. The molecule has 0 saturated heterocycles. The first-order valence-corrected chi connectivity index (χ1v) is 6.09. The van der Waals surface area contributed by atoms with Crippen molar-refractivity contribution in [3.05, 3.63) is 65.5 Å². The second kappa shape index (κ2) is 4.30. The highest BCUT2D eigenvalue weighted by Crippen LogP contribution is 2.35. The molecule has 3 rings (SSSR count). The maximum atomic E-state index is 6.30. The van der Waals surface area contributed by atoms with Crippen molar-refractivity contribution < 1.29 is 0 Å². The number of hydrogen-bond acceptors (Lipinski definition) is 2. The Morgan fingerprint density at radius 3 is 2.82 bits per heavy atom. The lowest BCUT2D eigenvalue weighted by Gasteiger charge is -2.31. The van der Waals surface area contributed by atoms with Gasteiger partial charge in [0.05, 0.1) is 0 Å². The zero-order chi connectivity index (χ0) is 11.7. The lowest BCUT2D eigenvalue weighted by Crippen LogP contribution is -2.33. The minimum absolute atomic E-state index is 0.203. The summed E-state index contributed by atoms with van der Waals surface area (Å²) in [5.74, 6) is 0.300. The van der Waals surface area contributed by atoms with Gasteiger partial charge < -0.3 is 5.73 Å². The van der Waals surface area contributed by atoms with Crippen molar-refractivity contribution in [1.29, 1.82) is 0 Å². The van der Waals surface area contributed by atoms with E-state index in [4.69, 9.17) is 5.73 Å². The molecule has 86 valence electrons. The Hall–Kier alpha value is -1.67. The minimum atomic E-state index is 0.203. The highest BCUT2D eigenvalue weighted by molar-refractivity contribution is 5.40. The fourth-order valence-corrected chi connectivity index (χ4v) is 2.77. The zero-order valence-electron chi connectivity index (χ0n) is 9.71. The molecule has 1 unspecified atom stereocenters. The fraction of sp³-hybridized carbons (Fsp3) is 0.267. The predicted octanol–water partition coefficient (Wildman–Crippen LogP) is 2.49. The van der Waals surface area contributed by atoms with Gasteiger partial charge in [0, 0.05) is 24.4 Å². The first-order chi connectivity index (χ1) is 8.36. The lowest BCUT2D eigenvalue weighted by molar-refractivity contribution is 0.517. The van der Waals surface area contributed by atoms with Crippen LogP contribution in [0.3, 0.4) is 0 Å². The number of benzene rings is 1. The summed E-state index contributed by atoms with van der Waals surface area (Å²) in [5, 5.41) is 0. The van der Waals surface area contributed by atoms with Crippen LogP contribution in [0.4, 0.5) is 0 Å². The maximum absolute atomic E-state index is 6.30. The van der Waals surface area contributed by atoms with Crippen LogP contribution in [0.15, 0.2) is 48.8 Å². The van der Waals surface area contributed by atoms with Crippen LogP contribution in [0.25, 0.3) is 0 Å². The SMILES string of the molecule is N[C@H]1CCc2ccccc2C1c1cccnc1. The van der Waals surface area contributed by atoms with Gasteiger partial charge in [0.2, 0.25) is 0 Å². The van der Waals surface area contributed by atoms with E-state index in [9.17, 15) is 0 Å². The average molecular weight is 224 g/mol. The Labute approximate surface area is 102 Å². The van der Waals surface area contributed by atoms with Gasteiger partial charge >= 0.3 is 0 Å². The third-order valence-corrected chi connectivity index (χ3v) is 3.61. The van der Waals surface area contributed by atoms with Crippen LogP contribution < -0.4 is 5.73 Å². The van der Waals surface area contributed by atoms with Crippen molar-refractivity contribution in [2.75, 3.05) is 0 Å². The molecule has 0 spiro atoms. The number of rotatable bonds is 1. The Kier molecular flexibility index (Phi) is 2.65. The van der Waals surface area contributed by atoms with Crippen molar-refractivity contribution in [2.24, 2.45) is 5.73 Å². The molecular formula is C15H16N2. The van der Waals surface area contributed by atoms with Gasteiger partial charge in [-0.15, -0.1) is 0 Å². The van der Waals surface area contributed by atoms with E-state index in [-0.39, 0.29) is 6.04 Å². The van der Waals surface area contributed by atoms with Gasteiger partial charge in [-0.05, 0) is 35.6 Å². The third-order valence-electron chi connectivity index (χ3n) is 3.61. The minimum Gasteiger partial charge on any atom is -0.327 e. The van der Waals surface area contributed by atoms with Gasteiger partial charge in [-0.25, -0.2) is 0 Å². The van der Waals surface area contributed by atoms with Crippen LogP contribution in [0, 0.1) is 0 Å². The van der Waals surface area contributed by atoms with Crippen molar-refractivity contribution in [1.82, 2.24) is 4.98 Å². The summed E-state index contributed by atoms with van der Waals surface area (Å²) < 4.78 is 0. The molecule has 0 radical (unpaired) electrons. The van der Waals surface area contributed by atoms with E-state index in [1.54, 1.807) is 0 Å². The van der Waals surface area contributed by atoms with E-state index >= 15 is 0 Å². The third kappa shape index (κ3) is 1.85. The van der Waals surface area contributed by atoms with Gasteiger partial charge in [-0.2, -0.15) is 0 Å². The van der Waals surface area contributed by atoms with Crippen molar-refractivity contribution in [3.8, 4) is 0 Å². The summed E-state index contributed by atoms with van der Waals surface area (Å²) in [7, 11) is 0. The molecule has 2 nitrogen and oxygen atoms in total. The number of aryl methyl sites for hydroxylation is 1. The van der Waals surface area contributed by atoms with E-state index in [1.165, 1.54) is 16.7 Å². The molecule has 0 saturated carbocycles. The van der Waals surface area contributed by atoms with Crippen molar-refractivity contribution >= 4 is 0 Å². The van der Waals surface area contributed by atoms with E-state index in [2.05, 4.69) is 35.3 Å². The van der Waals surface area contributed by atoms with Crippen LogP contribution in [0.2, 0.25) is 0 Å². The number of pyridine rings is 1. The number of nitrogens with zero attached hydrogens (tertiary/aromatic N) is 1. The molecule has 2 heteroatoms. The molecule has 2 aromatic rings. The molecule has 1 aromatic heterocycles. The number of fused-ring (bicyclic) bond motifs is 1. The molecule has 2 N–H and O–H groups in total. The van der Waals surface area contributed by atoms with Crippen LogP contribution in [0.5, 0.6) is 0 Å². The quantitative estimate of drug-likeness (QED) is 0.808. The number of nitrogens with two attached hydrogens (primary N) is 1. The summed E-state index contributed by atoms with van der Waals surface area (Å²) in [6.07, 6.45) is 5.89. The zero-order valence-corrected chi connectivity index (χ0v) is 9.71. The van der Waals surface area contributed by atoms with E-state index < -0.39 is 0 Å². The standard InChI is InChI=1S/C15H16N2/c16-14-8-7-11-4-1-2-6-13(11)15(14)12-5-3-9-17-10-12/h1-6,9-10,14-15H,7-8,16H2/t14-,15?/m0/s1. The summed E-state index contributed by atoms with van der Waals surface area (Å²) in [5.41, 5.74) is 10.3. The van der Waals surface area contributed by atoms with E-state index in [1.807, 2.05) is 18.5 Å². The molecule has 1 heterocycles. The maximum Gasteiger partial charge on any atom is 0.0306 e. The second-order valence-electron chi connectivity index (χ2n) is 4.67. The van der Waals surface area contributed by atoms with Crippen LogP contribution in [-0.4, -0.2) is 11.0 Å². The highest BCUT2D eigenvalue weighted by Gasteiger charge is 2.27. The topological polar surface area (TPSA) is 38.9 Å². The molecule has 0 bridgehead atoms. The Bertz CT molecular complexity index is 507. The Morgan fingerprint density at radius 2 is 2.00 bits per heavy atom. The summed E-state index contributed by atoms with van der Waals surface area (Å²) in [6, 6.07) is 12.9. The molecule has 2 atom stereocenters. The first-order valence-electron chi connectivity index (χ1n) is 6.09. The van der Waals surface area contributed by atoms with Gasteiger partial charge in [0.15, 0.2) is 0 Å². The lowest BCUT2D eigenvalue weighted by atomic mass is 9.76. The van der Waals surface area contributed by atoms with Gasteiger partial charge in [-0.3, -0.25) is 4.98 Å². The van der Waals surface area contributed by atoms with Crippen LogP contribution in [-0.2, 0) is 6.42 Å². The first kappa shape index (κ1) is 10.5. The molecular weight excluding hydrogens is 208 g/mol. The Morgan fingerprint density at radius 1 is 1.12 bits per heavy atom. The smallest absolute Gasteiger partial charge is 0.0306 e. The second-order valence-corrected chi connectivity index (χ2v) is 4.67. The largest absolute Gasteiger partial charge is 0.327 e. The van der Waals surface area contributed by atoms with Gasteiger partial charge in [0.1, 0.15) is 0 Å². The summed E-state index contributed by atoms with van der Waals surface area (Å²) in [4.78, 5) is 4.21. The fourth-order valence-electron chi connectivity index (χ4n) is 2.77. The molecule has 1 aliphatic rings. The summed E-state index contributed by atoms with van der Waals surface area (Å²) in [6.45, 7) is 0. The number of hydrogen-bond donors (Lipinski definition) is 1. The van der Waals surface area contributed by atoms with Gasteiger partial charge in [-0.1, -0.05) is 30.3 Å². The molecule has 0 aliphatic heterocycles. The van der Waals surface area contributed by atoms with E-state index in [0.29, 0.717) is 5.92 Å². The molecule has 1 aliphatic carbocycles. The van der Waals surface area contributed by atoms with Crippen LogP contribution in [0.1, 0.15) is 29.0 Å². The summed E-state index contributed by atoms with van der Waals surface area (Å²) >= 11 is 0. The molecule has 0 fully saturated rings. The van der Waals surface area contributed by atoms with Crippen LogP contribution >= 0.6 is 0 Å². The van der Waals surface area contributed by atoms with Crippen molar-refractivity contribution in [2.45, 2.75) is 24.8 Å². The Balaban J connectivity index is 2.10. The van der Waals surface area contributed by atoms with E-state index in [0.717, 1.165) is 12.8 Å². The monoisotopic (exact) mass is 224 g/mol. The normalized spacial score (nSPS) is 23.1. The predicted molar refractivity (Wildman–Crippen MR) is 68.8 cm³/mol. The average Bonchev–Trinajstić information content (AvgIpc) is 2.39. The molecule has 0 amide bonds. The highest BCUT2D eigenvalue weighted by atomic mass is 14.7. The number of aromatic nitrogens is 1.